The van der Waals surface area contributed by atoms with E-state index in [0.29, 0.717) is 23.9 Å². The third-order valence-electron chi connectivity index (χ3n) is 11.9. The number of phosphoric acid groups is 1. The minimum Gasteiger partial charge on any atom is -0.756 e. The average molecular weight is 957 g/mol. The third kappa shape index (κ3) is 51.4. The summed E-state index contributed by atoms with van der Waals surface area (Å²) in [6, 6.07) is -0.803. The van der Waals surface area contributed by atoms with Gasteiger partial charge in [0.2, 0.25) is 5.91 Å². The molecule has 0 radical (unpaired) electrons. The summed E-state index contributed by atoms with van der Waals surface area (Å²) in [5.74, 6) is -0.171. The molecule has 0 heterocycles. The maximum absolute atomic E-state index is 12.9. The van der Waals surface area contributed by atoms with Crippen LogP contribution in [0.1, 0.15) is 226 Å². The molecule has 0 spiro atoms. The van der Waals surface area contributed by atoms with Gasteiger partial charge in [-0.1, -0.05) is 234 Å². The number of phosphoric ester groups is 1. The number of unbranched alkanes of at least 4 members (excludes halogenated alkanes) is 22. The molecule has 2 N–H and O–H groups in total. The van der Waals surface area contributed by atoms with E-state index in [0.717, 1.165) is 83.5 Å². The number of allylic oxidation sites excluding steroid dienone is 14. The Morgan fingerprint density at radius 2 is 0.910 bits per heavy atom. The summed E-state index contributed by atoms with van der Waals surface area (Å²) in [5, 5.41) is 13.9. The molecule has 8 nitrogen and oxygen atoms in total. The molecule has 0 bridgehead atoms. The fourth-order valence-electron chi connectivity index (χ4n) is 7.61. The van der Waals surface area contributed by atoms with Crippen LogP contribution in [-0.4, -0.2) is 68.5 Å². The molecule has 0 aliphatic carbocycles. The Bertz CT molecular complexity index is 1360. The van der Waals surface area contributed by atoms with Crippen molar-refractivity contribution in [2.75, 3.05) is 40.9 Å². The van der Waals surface area contributed by atoms with Crippen molar-refractivity contribution < 1.29 is 32.9 Å². The Morgan fingerprint density at radius 3 is 1.33 bits per heavy atom. The van der Waals surface area contributed by atoms with Gasteiger partial charge in [-0.05, 0) is 70.6 Å². The molecule has 0 aromatic carbocycles. The summed E-state index contributed by atoms with van der Waals surface area (Å²) in [7, 11) is 1.30. The number of aliphatic hydroxyl groups excluding tert-OH is 1. The van der Waals surface area contributed by atoms with E-state index in [1.54, 1.807) is 0 Å². The number of hydrogen-bond donors (Lipinski definition) is 2. The van der Waals surface area contributed by atoms with Crippen LogP contribution in [0.5, 0.6) is 0 Å². The van der Waals surface area contributed by atoms with Crippen molar-refractivity contribution in [2.24, 2.45) is 0 Å². The summed E-state index contributed by atoms with van der Waals surface area (Å²) in [6.07, 6.45) is 67.6. The molecule has 0 saturated heterocycles. The molecule has 0 aliphatic rings. The van der Waals surface area contributed by atoms with Gasteiger partial charge in [-0.2, -0.15) is 0 Å². The number of carbonyl (C=O) groups is 1. The van der Waals surface area contributed by atoms with Crippen molar-refractivity contribution >= 4 is 13.7 Å². The zero-order valence-corrected chi connectivity index (χ0v) is 45.0. The van der Waals surface area contributed by atoms with Gasteiger partial charge in [0.25, 0.3) is 7.82 Å². The molecule has 1 amide bonds. The van der Waals surface area contributed by atoms with Crippen LogP contribution in [0.4, 0.5) is 0 Å². The first kappa shape index (κ1) is 64.7. The minimum atomic E-state index is -4.57. The number of amides is 1. The number of rotatable bonds is 49. The lowest BCUT2D eigenvalue weighted by atomic mass is 10.0. The summed E-state index contributed by atoms with van der Waals surface area (Å²) in [4.78, 5) is 25.4. The standard InChI is InChI=1S/C58H105N2O6P/c1-6-8-10-12-14-16-18-19-20-21-22-23-24-25-26-27-28-29-30-31-32-33-34-35-36-37-38-39-40-41-42-44-46-48-50-52-58(62)59-56(55-66-67(63,64)65-54-53-60(3,4)5)57(61)51-49-47-45-43-17-15-13-11-9-7-2/h8,10,14,16,19-20,22-23,25-26,28-29,31-32,56-57,61H,6-7,9,11-13,15,17-18,21,24,27,30,33-55H2,1-5H3,(H-,59,62,63,64)/b10-8-,16-14-,20-19-,23-22-,26-25-,29-28-,32-31-. The summed E-state index contributed by atoms with van der Waals surface area (Å²) in [6.45, 7) is 4.58. The first-order chi connectivity index (χ1) is 32.5. The first-order valence-electron chi connectivity index (χ1n) is 27.4. The molecular weight excluding hydrogens is 852 g/mol. The van der Waals surface area contributed by atoms with Crippen LogP contribution in [0.3, 0.4) is 0 Å². The maximum atomic E-state index is 12.9. The fourth-order valence-corrected chi connectivity index (χ4v) is 8.33. The van der Waals surface area contributed by atoms with Gasteiger partial charge in [0.15, 0.2) is 0 Å². The second-order valence-electron chi connectivity index (χ2n) is 19.6. The second-order valence-corrected chi connectivity index (χ2v) is 21.0. The Morgan fingerprint density at radius 1 is 0.537 bits per heavy atom. The molecule has 0 fully saturated rings. The van der Waals surface area contributed by atoms with Crippen LogP contribution in [0, 0.1) is 0 Å². The quantitative estimate of drug-likeness (QED) is 0.0272. The van der Waals surface area contributed by atoms with Crippen LogP contribution in [0.15, 0.2) is 85.1 Å². The lowest BCUT2D eigenvalue weighted by molar-refractivity contribution is -0.870. The van der Waals surface area contributed by atoms with E-state index in [9.17, 15) is 19.4 Å². The van der Waals surface area contributed by atoms with Gasteiger partial charge in [0.05, 0.1) is 39.9 Å². The van der Waals surface area contributed by atoms with Crippen molar-refractivity contribution in [3.05, 3.63) is 85.1 Å². The first-order valence-corrected chi connectivity index (χ1v) is 28.9. The van der Waals surface area contributed by atoms with Gasteiger partial charge in [-0.25, -0.2) is 0 Å². The van der Waals surface area contributed by atoms with Crippen molar-refractivity contribution in [1.29, 1.82) is 0 Å². The number of likely N-dealkylation sites (N-methyl/N-ethyl adjacent to an activating group) is 1. The molecule has 0 saturated carbocycles. The van der Waals surface area contributed by atoms with Crippen LogP contribution in [0.2, 0.25) is 0 Å². The van der Waals surface area contributed by atoms with Crippen molar-refractivity contribution in [1.82, 2.24) is 5.32 Å². The van der Waals surface area contributed by atoms with Gasteiger partial charge in [-0.3, -0.25) is 9.36 Å². The third-order valence-corrected chi connectivity index (χ3v) is 12.9. The van der Waals surface area contributed by atoms with Crippen LogP contribution in [-0.2, 0) is 18.4 Å². The number of aliphatic hydroxyl groups is 1. The van der Waals surface area contributed by atoms with E-state index in [4.69, 9.17) is 9.05 Å². The molecular formula is C58H105N2O6P. The highest BCUT2D eigenvalue weighted by molar-refractivity contribution is 7.45. The molecule has 3 atom stereocenters. The van der Waals surface area contributed by atoms with Crippen molar-refractivity contribution in [3.63, 3.8) is 0 Å². The Labute approximate surface area is 414 Å². The molecule has 9 heteroatoms. The Hall–Kier alpha value is -2.32. The smallest absolute Gasteiger partial charge is 0.268 e. The van der Waals surface area contributed by atoms with E-state index in [2.05, 4.69) is 104 Å². The fraction of sp³-hybridized carbons (Fsp3) is 0.741. The highest BCUT2D eigenvalue weighted by atomic mass is 31.2. The predicted molar refractivity (Wildman–Crippen MR) is 288 cm³/mol. The molecule has 0 aromatic heterocycles. The number of nitrogens with one attached hydrogen (secondary N) is 1. The van der Waals surface area contributed by atoms with Crippen LogP contribution >= 0.6 is 7.82 Å². The van der Waals surface area contributed by atoms with Gasteiger partial charge >= 0.3 is 0 Å². The SMILES string of the molecule is CC/C=C\C/C=C\C/C=C\C/C=C\C/C=C\C/C=C\C/C=C\CCCCCCCCCCCCCCCC(=O)NC(COP(=O)([O-])OCC[N+](C)(C)C)C(O)CCCCCCCCCCCC. The summed E-state index contributed by atoms with van der Waals surface area (Å²) < 4.78 is 23.3. The second kappa shape index (κ2) is 48.7. The minimum absolute atomic E-state index is 0.00918. The predicted octanol–water partition coefficient (Wildman–Crippen LogP) is 15.8. The van der Waals surface area contributed by atoms with Gasteiger partial charge in [-0.15, -0.1) is 0 Å². The van der Waals surface area contributed by atoms with E-state index < -0.39 is 20.0 Å². The van der Waals surface area contributed by atoms with Crippen molar-refractivity contribution in [3.8, 4) is 0 Å². The van der Waals surface area contributed by atoms with Crippen molar-refractivity contribution in [2.45, 2.75) is 238 Å². The number of hydrogen-bond acceptors (Lipinski definition) is 6. The molecule has 3 unspecified atom stereocenters. The largest absolute Gasteiger partial charge is 0.756 e. The normalized spacial score (nSPS) is 14.7. The molecule has 388 valence electrons. The molecule has 67 heavy (non-hydrogen) atoms. The summed E-state index contributed by atoms with van der Waals surface area (Å²) in [5.41, 5.74) is 0. The topological polar surface area (TPSA) is 108 Å². The summed E-state index contributed by atoms with van der Waals surface area (Å²) >= 11 is 0. The maximum Gasteiger partial charge on any atom is 0.268 e. The monoisotopic (exact) mass is 957 g/mol. The van der Waals surface area contributed by atoms with E-state index >= 15 is 0 Å². The Kier molecular flexibility index (Phi) is 47.0. The van der Waals surface area contributed by atoms with E-state index in [-0.39, 0.29) is 19.1 Å². The Balaban J connectivity index is 4.01. The highest BCUT2D eigenvalue weighted by Gasteiger charge is 2.24. The molecule has 0 aliphatic heterocycles. The van der Waals surface area contributed by atoms with Crippen LogP contribution in [0.25, 0.3) is 0 Å². The zero-order chi connectivity index (χ0) is 49.2. The molecule has 0 aromatic rings. The van der Waals surface area contributed by atoms with Gasteiger partial charge in [0.1, 0.15) is 13.2 Å². The lowest BCUT2D eigenvalue weighted by Gasteiger charge is -2.30. The van der Waals surface area contributed by atoms with Crippen LogP contribution < -0.4 is 10.2 Å². The van der Waals surface area contributed by atoms with Gasteiger partial charge in [0, 0.05) is 6.42 Å². The highest BCUT2D eigenvalue weighted by Crippen LogP contribution is 2.38. The zero-order valence-electron chi connectivity index (χ0n) is 44.1. The lowest BCUT2D eigenvalue weighted by Crippen LogP contribution is -2.46. The number of quaternary nitrogens is 1. The average Bonchev–Trinajstić information content (AvgIpc) is 3.29. The number of carbonyl (C=O) groups excluding carboxylic acids is 1. The van der Waals surface area contributed by atoms with E-state index in [1.165, 1.54) is 116 Å². The van der Waals surface area contributed by atoms with Gasteiger partial charge < -0.3 is 28.8 Å². The van der Waals surface area contributed by atoms with E-state index in [1.807, 2.05) is 21.1 Å². The number of nitrogens with zero attached hydrogens (tertiary/aromatic N) is 1. The molecule has 0 rings (SSSR count).